The zero-order chi connectivity index (χ0) is 18.4. The number of hydrogen-bond acceptors (Lipinski definition) is 2. The summed E-state index contributed by atoms with van der Waals surface area (Å²) in [5.74, 6) is 0.983. The second-order valence-corrected chi connectivity index (χ2v) is 9.48. The van der Waals surface area contributed by atoms with Crippen LogP contribution in [0.15, 0.2) is 24.3 Å². The van der Waals surface area contributed by atoms with Crippen molar-refractivity contribution >= 4 is 29.1 Å². The van der Waals surface area contributed by atoms with E-state index < -0.39 is 0 Å². The molecule has 2 unspecified atom stereocenters. The molecule has 0 radical (unpaired) electrons. The smallest absolute Gasteiger partial charge is 0.243 e. The first-order valence-electron chi connectivity index (χ1n) is 9.76. The van der Waals surface area contributed by atoms with E-state index in [9.17, 15) is 9.59 Å². The van der Waals surface area contributed by atoms with Crippen LogP contribution < -0.4 is 10.6 Å². The normalized spacial score (nSPS) is 34.5. The first-order valence-corrected chi connectivity index (χ1v) is 10.1. The number of anilines is 1. The van der Waals surface area contributed by atoms with Crippen molar-refractivity contribution in [2.45, 2.75) is 56.7 Å². The van der Waals surface area contributed by atoms with E-state index in [-0.39, 0.29) is 28.6 Å². The van der Waals surface area contributed by atoms with E-state index in [4.69, 9.17) is 11.6 Å². The fourth-order valence-corrected chi connectivity index (χ4v) is 6.49. The summed E-state index contributed by atoms with van der Waals surface area (Å²) in [4.78, 5) is 24.9. The molecule has 0 heterocycles. The minimum absolute atomic E-state index is 0.0146. The minimum atomic E-state index is -0.352. The maximum Gasteiger partial charge on any atom is 0.243 e. The Kier molecular flexibility index (Phi) is 4.50. The van der Waals surface area contributed by atoms with Crippen molar-refractivity contribution < 1.29 is 9.59 Å². The molecule has 0 spiro atoms. The average molecular weight is 375 g/mol. The van der Waals surface area contributed by atoms with Crippen molar-refractivity contribution in [2.24, 2.45) is 17.3 Å². The first-order chi connectivity index (χ1) is 12.4. The molecule has 0 aliphatic heterocycles. The molecule has 0 aromatic heterocycles. The van der Waals surface area contributed by atoms with Gasteiger partial charge in [0.05, 0.1) is 12.0 Å². The number of benzene rings is 1. The number of amides is 2. The number of carbonyl (C=O) groups excluding carboxylic acids is 2. The molecule has 4 atom stereocenters. The summed E-state index contributed by atoms with van der Waals surface area (Å²) in [6.07, 6.45) is 6.92. The lowest BCUT2D eigenvalue weighted by Gasteiger charge is -2.59. The van der Waals surface area contributed by atoms with Crippen LogP contribution in [-0.2, 0) is 16.0 Å². The van der Waals surface area contributed by atoms with Crippen LogP contribution in [0.2, 0.25) is 0 Å². The highest BCUT2D eigenvalue weighted by Crippen LogP contribution is 2.63. The van der Waals surface area contributed by atoms with Crippen molar-refractivity contribution in [2.75, 3.05) is 11.9 Å². The Morgan fingerprint density at radius 2 is 1.77 bits per heavy atom. The predicted molar refractivity (Wildman–Crippen MR) is 103 cm³/mol. The Hall–Kier alpha value is -1.55. The molecule has 4 bridgehead atoms. The van der Waals surface area contributed by atoms with Crippen LogP contribution in [-0.4, -0.2) is 23.2 Å². The molecular formula is C21H27ClN2O2. The van der Waals surface area contributed by atoms with Gasteiger partial charge in [-0.25, -0.2) is 0 Å². The summed E-state index contributed by atoms with van der Waals surface area (Å²) in [6.45, 7) is 2.11. The predicted octanol–water partition coefficient (Wildman–Crippen LogP) is 3.88. The number of rotatable bonds is 5. The van der Waals surface area contributed by atoms with E-state index in [0.29, 0.717) is 11.8 Å². The summed E-state index contributed by atoms with van der Waals surface area (Å²) in [7, 11) is 0. The average Bonchev–Trinajstić information content (AvgIpc) is 2.58. The largest absolute Gasteiger partial charge is 0.347 e. The summed E-state index contributed by atoms with van der Waals surface area (Å²) in [5.41, 5.74) is 1.64. The van der Waals surface area contributed by atoms with Crippen LogP contribution in [0.3, 0.4) is 0 Å². The van der Waals surface area contributed by atoms with Crippen LogP contribution in [0, 0.1) is 17.3 Å². The van der Waals surface area contributed by atoms with E-state index >= 15 is 0 Å². The van der Waals surface area contributed by atoms with Crippen LogP contribution in [0.4, 0.5) is 5.69 Å². The molecule has 0 saturated heterocycles. The van der Waals surface area contributed by atoms with Gasteiger partial charge in [0, 0.05) is 10.6 Å². The molecule has 1 aromatic rings. The van der Waals surface area contributed by atoms with Gasteiger partial charge in [0.1, 0.15) is 0 Å². The second-order valence-electron chi connectivity index (χ2n) is 8.67. The monoisotopic (exact) mass is 374 g/mol. The van der Waals surface area contributed by atoms with E-state index in [0.717, 1.165) is 44.2 Å². The highest BCUT2D eigenvalue weighted by Gasteiger charge is 2.60. The maximum atomic E-state index is 12.9. The summed E-state index contributed by atoms with van der Waals surface area (Å²) >= 11 is 6.80. The maximum absolute atomic E-state index is 12.9. The third-order valence-electron chi connectivity index (χ3n) is 6.53. The SMILES string of the molecule is CCc1ccc(NC(=O)CNC(=O)C23C[C@@H]4C[C@@H](CC(Cl)(C4)C2)C3)cc1. The lowest BCUT2D eigenvalue weighted by atomic mass is 9.49. The number of hydrogen-bond donors (Lipinski definition) is 2. The Morgan fingerprint density at radius 1 is 1.12 bits per heavy atom. The van der Waals surface area contributed by atoms with Crippen LogP contribution in [0.1, 0.15) is 51.0 Å². The second kappa shape index (κ2) is 6.56. The van der Waals surface area contributed by atoms with Gasteiger partial charge in [-0.2, -0.15) is 0 Å². The molecule has 5 heteroatoms. The van der Waals surface area contributed by atoms with Gasteiger partial charge in [0.15, 0.2) is 0 Å². The molecule has 140 valence electrons. The van der Waals surface area contributed by atoms with Crippen molar-refractivity contribution in [3.05, 3.63) is 29.8 Å². The van der Waals surface area contributed by atoms with E-state index in [2.05, 4.69) is 17.6 Å². The zero-order valence-corrected chi connectivity index (χ0v) is 16.1. The molecule has 4 saturated carbocycles. The summed E-state index contributed by atoms with van der Waals surface area (Å²) < 4.78 is 0. The Bertz CT molecular complexity index is 701. The molecule has 1 aromatic carbocycles. The van der Waals surface area contributed by atoms with Crippen molar-refractivity contribution in [3.63, 3.8) is 0 Å². The third-order valence-corrected chi connectivity index (χ3v) is 6.97. The van der Waals surface area contributed by atoms with Crippen molar-refractivity contribution in [3.8, 4) is 0 Å². The Morgan fingerprint density at radius 3 is 2.35 bits per heavy atom. The molecule has 2 amide bonds. The zero-order valence-electron chi connectivity index (χ0n) is 15.3. The quantitative estimate of drug-likeness (QED) is 0.768. The Labute approximate surface area is 160 Å². The lowest BCUT2D eigenvalue weighted by Crippen LogP contribution is -2.58. The molecule has 26 heavy (non-hydrogen) atoms. The fourth-order valence-electron chi connectivity index (χ4n) is 5.79. The molecule has 4 nitrogen and oxygen atoms in total. The lowest BCUT2D eigenvalue weighted by molar-refractivity contribution is -0.145. The summed E-state index contributed by atoms with van der Waals surface area (Å²) in [6, 6.07) is 7.80. The molecule has 4 fully saturated rings. The van der Waals surface area contributed by atoms with Crippen molar-refractivity contribution in [1.82, 2.24) is 5.32 Å². The topological polar surface area (TPSA) is 58.2 Å². The van der Waals surface area contributed by atoms with Crippen LogP contribution >= 0.6 is 11.6 Å². The van der Waals surface area contributed by atoms with Gasteiger partial charge < -0.3 is 10.6 Å². The van der Waals surface area contributed by atoms with E-state index in [1.165, 1.54) is 12.0 Å². The van der Waals surface area contributed by atoms with E-state index in [1.54, 1.807) is 0 Å². The number of halogens is 1. The van der Waals surface area contributed by atoms with Crippen molar-refractivity contribution in [1.29, 1.82) is 0 Å². The highest BCUT2D eigenvalue weighted by molar-refractivity contribution is 6.24. The molecule has 2 N–H and O–H groups in total. The number of nitrogens with one attached hydrogen (secondary N) is 2. The first kappa shape index (κ1) is 17.8. The van der Waals surface area contributed by atoms with Crippen LogP contribution in [0.25, 0.3) is 0 Å². The van der Waals surface area contributed by atoms with Gasteiger partial charge in [-0.1, -0.05) is 19.1 Å². The number of alkyl halides is 1. The van der Waals surface area contributed by atoms with Gasteiger partial charge in [-0.05, 0) is 74.5 Å². The number of aryl methyl sites for hydroxylation is 1. The van der Waals surface area contributed by atoms with Gasteiger partial charge in [0.2, 0.25) is 11.8 Å². The molecule has 4 aliphatic carbocycles. The van der Waals surface area contributed by atoms with Gasteiger partial charge in [0.25, 0.3) is 0 Å². The summed E-state index contributed by atoms with van der Waals surface area (Å²) in [5, 5.41) is 5.74. The van der Waals surface area contributed by atoms with Gasteiger partial charge in [-0.15, -0.1) is 11.6 Å². The number of carbonyl (C=O) groups is 2. The molecule has 5 rings (SSSR count). The highest BCUT2D eigenvalue weighted by atomic mass is 35.5. The Balaban J connectivity index is 1.34. The molecular weight excluding hydrogens is 348 g/mol. The van der Waals surface area contributed by atoms with Gasteiger partial charge in [-0.3, -0.25) is 9.59 Å². The standard InChI is InChI=1S/C21H27ClN2O2/c1-2-14-3-5-17(6-4-14)24-18(25)12-23-19(26)20-8-15-7-16(9-20)11-21(22,10-15)13-20/h3-6,15-16H,2,7-13H2,1H3,(H,23,26)(H,24,25)/t15-,16+,20?,21?. The minimum Gasteiger partial charge on any atom is -0.347 e. The van der Waals surface area contributed by atoms with Gasteiger partial charge >= 0.3 is 0 Å². The van der Waals surface area contributed by atoms with E-state index in [1.807, 2.05) is 24.3 Å². The van der Waals surface area contributed by atoms with Crippen LogP contribution in [0.5, 0.6) is 0 Å². The fraction of sp³-hybridized carbons (Fsp3) is 0.619. The molecule has 4 aliphatic rings. The third kappa shape index (κ3) is 3.36.